The number of ether oxygens (including phenoxy) is 1. The molecular weight excluding hydrogens is 402 g/mol. The van der Waals surface area contributed by atoms with E-state index in [2.05, 4.69) is 9.97 Å². The zero-order valence-corrected chi connectivity index (χ0v) is 17.1. The van der Waals surface area contributed by atoms with Gasteiger partial charge in [-0.05, 0) is 25.0 Å². The van der Waals surface area contributed by atoms with E-state index in [1.165, 1.54) is 4.57 Å². The molecule has 7 nitrogen and oxygen atoms in total. The topological polar surface area (TPSA) is 94.3 Å². The molecule has 0 radical (unpaired) electrons. The van der Waals surface area contributed by atoms with Gasteiger partial charge in [-0.25, -0.2) is 9.97 Å². The van der Waals surface area contributed by atoms with E-state index in [1.807, 2.05) is 13.8 Å². The van der Waals surface area contributed by atoms with Gasteiger partial charge in [0.05, 0.1) is 21.7 Å². The molecule has 9 heteroatoms. The summed E-state index contributed by atoms with van der Waals surface area (Å²) >= 11 is 7.45. The molecule has 0 bridgehead atoms. The van der Waals surface area contributed by atoms with Crippen LogP contribution in [0, 0.1) is 6.92 Å². The van der Waals surface area contributed by atoms with Crippen LogP contribution in [0.2, 0.25) is 5.02 Å². The van der Waals surface area contributed by atoms with E-state index in [0.717, 1.165) is 23.3 Å². The van der Waals surface area contributed by atoms with Crippen LogP contribution in [-0.4, -0.2) is 25.6 Å². The lowest BCUT2D eigenvalue weighted by Crippen LogP contribution is -2.15. The Balaban J connectivity index is 1.93. The molecule has 2 heterocycles. The van der Waals surface area contributed by atoms with Crippen molar-refractivity contribution in [1.29, 1.82) is 0 Å². The van der Waals surface area contributed by atoms with Gasteiger partial charge >= 0.3 is 10.8 Å². The fourth-order valence-electron chi connectivity index (χ4n) is 2.80. The summed E-state index contributed by atoms with van der Waals surface area (Å²) in [5, 5.41) is 9.23. The van der Waals surface area contributed by atoms with Crippen LogP contribution in [0.15, 0.2) is 29.3 Å². The first-order valence-corrected chi connectivity index (χ1v) is 10.1. The molecule has 148 valence electrons. The lowest BCUT2D eigenvalue weighted by atomic mass is 10.2. The fourth-order valence-corrected chi connectivity index (χ4v) is 3.93. The van der Waals surface area contributed by atoms with Crippen molar-refractivity contribution in [3.05, 3.63) is 50.6 Å². The number of aryl methyl sites for hydroxylation is 2. The van der Waals surface area contributed by atoms with E-state index < -0.39 is 5.97 Å². The Kier molecular flexibility index (Phi) is 6.31. The molecule has 0 saturated carbocycles. The minimum absolute atomic E-state index is 0.0976. The van der Waals surface area contributed by atoms with Crippen LogP contribution < -0.4 is 9.61 Å². The summed E-state index contributed by atoms with van der Waals surface area (Å²) < 4.78 is 8.23. The summed E-state index contributed by atoms with van der Waals surface area (Å²) in [6, 6.07) is 3.36. The quantitative estimate of drug-likeness (QED) is 0.585. The van der Waals surface area contributed by atoms with Crippen LogP contribution in [0.25, 0.3) is 10.2 Å². The van der Waals surface area contributed by atoms with Gasteiger partial charge in [0.1, 0.15) is 5.75 Å². The average Bonchev–Trinajstić information content (AvgIpc) is 2.94. The first-order chi connectivity index (χ1) is 13.4. The standard InChI is InChI=1S/C19H20ClN3O4S/c1-3-4-14(18-21-9-11(2)10-22-18)27-15-8-16-13(7-12(15)20)23(19(26)28-16)6-5-17(24)25/h7-10,14H,3-6H2,1-2H3,(H,24,25)/t14-/m0/s1. The minimum atomic E-state index is -0.960. The van der Waals surface area contributed by atoms with Gasteiger partial charge in [0, 0.05) is 25.0 Å². The average molecular weight is 422 g/mol. The number of hydrogen-bond acceptors (Lipinski definition) is 6. The van der Waals surface area contributed by atoms with E-state index in [1.54, 1.807) is 24.5 Å². The van der Waals surface area contributed by atoms with Crippen LogP contribution in [0.5, 0.6) is 5.75 Å². The normalized spacial score (nSPS) is 12.2. The number of carboxylic acid groups (broad SMARTS) is 1. The smallest absolute Gasteiger partial charge is 0.308 e. The Morgan fingerprint density at radius 2 is 2.07 bits per heavy atom. The number of carbonyl (C=O) groups is 1. The maximum Gasteiger partial charge on any atom is 0.308 e. The second kappa shape index (κ2) is 8.70. The molecule has 3 rings (SSSR count). The first-order valence-electron chi connectivity index (χ1n) is 8.89. The van der Waals surface area contributed by atoms with Gasteiger partial charge in [-0.1, -0.05) is 36.3 Å². The van der Waals surface area contributed by atoms with Crippen molar-refractivity contribution < 1.29 is 14.6 Å². The number of rotatable bonds is 8. The van der Waals surface area contributed by atoms with E-state index >= 15 is 0 Å². The van der Waals surface area contributed by atoms with Crippen molar-refractivity contribution in [1.82, 2.24) is 14.5 Å². The third-order valence-electron chi connectivity index (χ3n) is 4.18. The van der Waals surface area contributed by atoms with Gasteiger partial charge in [-0.2, -0.15) is 0 Å². The maximum absolute atomic E-state index is 12.2. The molecule has 0 unspecified atom stereocenters. The number of aromatic nitrogens is 3. The maximum atomic E-state index is 12.2. The van der Waals surface area contributed by atoms with Crippen LogP contribution in [-0.2, 0) is 11.3 Å². The Labute approximate surface area is 170 Å². The largest absolute Gasteiger partial charge is 0.481 e. The van der Waals surface area contributed by atoms with E-state index in [0.29, 0.717) is 33.2 Å². The van der Waals surface area contributed by atoms with Crippen molar-refractivity contribution in [2.24, 2.45) is 0 Å². The zero-order valence-electron chi connectivity index (χ0n) is 15.5. The van der Waals surface area contributed by atoms with E-state index in [9.17, 15) is 9.59 Å². The second-order valence-electron chi connectivity index (χ2n) is 6.43. The lowest BCUT2D eigenvalue weighted by Gasteiger charge is -2.18. The summed E-state index contributed by atoms with van der Waals surface area (Å²) in [4.78, 5) is 31.6. The second-order valence-corrected chi connectivity index (χ2v) is 7.83. The number of halogens is 1. The molecule has 1 N–H and O–H groups in total. The monoisotopic (exact) mass is 421 g/mol. The highest BCUT2D eigenvalue weighted by Crippen LogP contribution is 2.35. The van der Waals surface area contributed by atoms with Crippen molar-refractivity contribution in [3.8, 4) is 5.75 Å². The highest BCUT2D eigenvalue weighted by Gasteiger charge is 2.19. The molecule has 0 amide bonds. The molecule has 0 aliphatic rings. The number of thiazole rings is 1. The van der Waals surface area contributed by atoms with Gasteiger partial charge in [0.25, 0.3) is 0 Å². The number of hydrogen-bond donors (Lipinski definition) is 1. The molecule has 0 aliphatic heterocycles. The number of nitrogens with zero attached hydrogens (tertiary/aromatic N) is 3. The Hall–Kier alpha value is -2.45. The van der Waals surface area contributed by atoms with Crippen LogP contribution in [0.1, 0.15) is 43.7 Å². The van der Waals surface area contributed by atoms with Crippen molar-refractivity contribution >= 4 is 39.1 Å². The number of carboxylic acids is 1. The number of fused-ring (bicyclic) bond motifs is 1. The summed E-state index contributed by atoms with van der Waals surface area (Å²) in [5.41, 5.74) is 1.57. The van der Waals surface area contributed by atoms with Crippen LogP contribution >= 0.6 is 22.9 Å². The van der Waals surface area contributed by atoms with E-state index in [4.69, 9.17) is 21.4 Å². The molecule has 0 fully saturated rings. The molecular formula is C19H20ClN3O4S. The first kappa shape index (κ1) is 20.3. The summed E-state index contributed by atoms with van der Waals surface area (Å²) in [6.07, 6.45) is 4.59. The zero-order chi connectivity index (χ0) is 20.3. The Bertz CT molecular complexity index is 1050. The predicted molar refractivity (Wildman–Crippen MR) is 108 cm³/mol. The molecule has 1 aromatic carbocycles. The predicted octanol–water partition coefficient (Wildman–Crippen LogP) is 4.21. The summed E-state index contributed by atoms with van der Waals surface area (Å²) in [6.45, 7) is 4.06. The summed E-state index contributed by atoms with van der Waals surface area (Å²) in [7, 11) is 0. The number of aliphatic carboxylic acids is 1. The Morgan fingerprint density at radius 1 is 1.36 bits per heavy atom. The highest BCUT2D eigenvalue weighted by molar-refractivity contribution is 7.16. The van der Waals surface area contributed by atoms with Crippen LogP contribution in [0.4, 0.5) is 0 Å². The highest BCUT2D eigenvalue weighted by atomic mass is 35.5. The molecule has 0 aliphatic carbocycles. The molecule has 0 saturated heterocycles. The molecule has 1 atom stereocenters. The SMILES string of the molecule is CCC[C@H](Oc1cc2sc(=O)n(CCC(=O)O)c2cc1Cl)c1ncc(C)cn1. The van der Waals surface area contributed by atoms with Crippen LogP contribution in [0.3, 0.4) is 0 Å². The third-order valence-corrected chi connectivity index (χ3v) is 5.42. The molecule has 3 aromatic rings. The molecule has 2 aromatic heterocycles. The number of benzene rings is 1. The van der Waals surface area contributed by atoms with Crippen molar-refractivity contribution in [3.63, 3.8) is 0 Å². The van der Waals surface area contributed by atoms with Gasteiger partial charge in [-0.15, -0.1) is 0 Å². The van der Waals surface area contributed by atoms with Crippen molar-refractivity contribution in [2.45, 2.75) is 45.8 Å². The van der Waals surface area contributed by atoms with E-state index in [-0.39, 0.29) is 23.9 Å². The fraction of sp³-hybridized carbons (Fsp3) is 0.368. The summed E-state index contributed by atoms with van der Waals surface area (Å²) in [5.74, 6) is 0.0667. The lowest BCUT2D eigenvalue weighted by molar-refractivity contribution is -0.137. The van der Waals surface area contributed by atoms with Gasteiger partial charge in [0.2, 0.25) is 0 Å². The molecule has 28 heavy (non-hydrogen) atoms. The van der Waals surface area contributed by atoms with Gasteiger partial charge in [-0.3, -0.25) is 14.2 Å². The van der Waals surface area contributed by atoms with Crippen molar-refractivity contribution in [2.75, 3.05) is 0 Å². The molecule has 0 spiro atoms. The van der Waals surface area contributed by atoms with Gasteiger partial charge in [0.15, 0.2) is 11.9 Å². The Morgan fingerprint density at radius 3 is 2.71 bits per heavy atom. The van der Waals surface area contributed by atoms with Gasteiger partial charge < -0.3 is 9.84 Å². The third kappa shape index (κ3) is 4.51. The minimum Gasteiger partial charge on any atom is -0.481 e.